The highest BCUT2D eigenvalue weighted by Crippen LogP contribution is 2.44. The Labute approximate surface area is 185 Å². The van der Waals surface area contributed by atoms with E-state index in [1.807, 2.05) is 6.07 Å². The van der Waals surface area contributed by atoms with Crippen LogP contribution < -0.4 is 20.7 Å². The second-order valence-electron chi connectivity index (χ2n) is 8.21. The zero-order valence-electron chi connectivity index (χ0n) is 17.9. The maximum Gasteiger partial charge on any atom is 0.255 e. The van der Waals surface area contributed by atoms with Gasteiger partial charge in [0.2, 0.25) is 0 Å². The summed E-state index contributed by atoms with van der Waals surface area (Å²) < 4.78 is 19.7. The van der Waals surface area contributed by atoms with Crippen molar-refractivity contribution < 1.29 is 13.9 Å². The molecule has 0 spiro atoms. The Hall–Kier alpha value is -3.55. The second kappa shape index (κ2) is 8.53. The summed E-state index contributed by atoms with van der Waals surface area (Å²) >= 11 is 0. The number of carbonyl (C=O) groups excluding carboxylic acids is 1. The van der Waals surface area contributed by atoms with Crippen LogP contribution in [-0.4, -0.2) is 36.1 Å². The van der Waals surface area contributed by atoms with Gasteiger partial charge in [-0.25, -0.2) is 4.39 Å². The van der Waals surface area contributed by atoms with Crippen LogP contribution in [0, 0.1) is 5.82 Å². The van der Waals surface area contributed by atoms with Crippen molar-refractivity contribution in [1.82, 2.24) is 15.3 Å². The van der Waals surface area contributed by atoms with E-state index in [2.05, 4.69) is 25.9 Å². The number of hydrogen-bond donors (Lipinski definition) is 4. The Morgan fingerprint density at radius 1 is 1.19 bits per heavy atom. The molecule has 8 heteroatoms. The number of carbonyl (C=O) groups is 1. The first kappa shape index (κ1) is 20.4. The van der Waals surface area contributed by atoms with E-state index in [9.17, 15) is 9.18 Å². The third-order valence-electron chi connectivity index (χ3n) is 6.24. The smallest absolute Gasteiger partial charge is 0.255 e. The van der Waals surface area contributed by atoms with E-state index in [1.165, 1.54) is 13.2 Å². The third kappa shape index (κ3) is 3.55. The van der Waals surface area contributed by atoms with Crippen LogP contribution in [0.2, 0.25) is 0 Å². The molecular formula is C24H26FN5O2. The molecule has 0 radical (unpaired) electrons. The summed E-state index contributed by atoms with van der Waals surface area (Å²) in [5.41, 5.74) is 5.12. The summed E-state index contributed by atoms with van der Waals surface area (Å²) in [6, 6.07) is 6.62. The molecule has 166 valence electrons. The number of hydrogen-bond acceptors (Lipinski definition) is 5. The minimum Gasteiger partial charge on any atom is -0.492 e. The Kier molecular flexibility index (Phi) is 5.43. The average Bonchev–Trinajstić information content (AvgIpc) is 3.17. The zero-order chi connectivity index (χ0) is 22.1. The Morgan fingerprint density at radius 2 is 2.09 bits per heavy atom. The zero-order valence-corrected chi connectivity index (χ0v) is 17.9. The van der Waals surface area contributed by atoms with Crippen molar-refractivity contribution in [3.8, 4) is 17.0 Å². The number of pyridine rings is 1. The lowest BCUT2D eigenvalue weighted by molar-refractivity contribution is 0.0940. The van der Waals surface area contributed by atoms with E-state index in [1.54, 1.807) is 24.5 Å². The highest BCUT2D eigenvalue weighted by Gasteiger charge is 2.33. The maximum absolute atomic E-state index is 14.4. The number of nitrogens with zero attached hydrogens (tertiary/aromatic N) is 1. The fourth-order valence-corrected chi connectivity index (χ4v) is 4.66. The molecule has 0 fully saturated rings. The van der Waals surface area contributed by atoms with E-state index in [4.69, 9.17) is 4.74 Å². The standard InChI is InChI=1S/C24H26FN5O2/c1-32-23-16(25)7-5-8-17(23)29-22-19-20-14(12-28-24(19)31)6-3-2-4-10-27-18-13-26-11-9-15(18)21(22)30-20/h5,7-9,11,13-14,27,29-30H,2-4,6,10,12H2,1H3,(H,28,31)/t14-/m0/s1. The summed E-state index contributed by atoms with van der Waals surface area (Å²) in [5.74, 6) is -0.311. The van der Waals surface area contributed by atoms with E-state index in [0.29, 0.717) is 23.5 Å². The van der Waals surface area contributed by atoms with Crippen molar-refractivity contribution in [3.63, 3.8) is 0 Å². The van der Waals surface area contributed by atoms with Crippen LogP contribution in [0.4, 0.5) is 21.5 Å². The molecule has 3 aromatic rings. The largest absolute Gasteiger partial charge is 0.492 e. The number of nitrogens with one attached hydrogen (secondary N) is 4. The van der Waals surface area contributed by atoms with Crippen LogP contribution in [0.15, 0.2) is 36.7 Å². The van der Waals surface area contributed by atoms with Crippen molar-refractivity contribution in [3.05, 3.63) is 53.7 Å². The first-order valence-corrected chi connectivity index (χ1v) is 11.0. The number of anilines is 3. The number of ether oxygens (including phenoxy) is 1. The fraction of sp³-hybridized carbons (Fsp3) is 0.333. The highest BCUT2D eigenvalue weighted by atomic mass is 19.1. The first-order chi connectivity index (χ1) is 15.7. The van der Waals surface area contributed by atoms with Gasteiger partial charge in [0.25, 0.3) is 5.91 Å². The monoisotopic (exact) mass is 435 g/mol. The topological polar surface area (TPSA) is 91.1 Å². The van der Waals surface area contributed by atoms with Gasteiger partial charge < -0.3 is 25.7 Å². The number of aromatic amines is 1. The molecule has 32 heavy (non-hydrogen) atoms. The van der Waals surface area contributed by atoms with Gasteiger partial charge in [-0.1, -0.05) is 18.9 Å². The predicted octanol–water partition coefficient (Wildman–Crippen LogP) is 4.78. The summed E-state index contributed by atoms with van der Waals surface area (Å²) in [6.07, 6.45) is 7.77. The number of benzene rings is 1. The number of amides is 1. The molecule has 2 aliphatic heterocycles. The molecule has 5 rings (SSSR count). The molecule has 2 aliphatic rings. The molecule has 4 N–H and O–H groups in total. The fourth-order valence-electron chi connectivity index (χ4n) is 4.66. The number of aromatic nitrogens is 2. The summed E-state index contributed by atoms with van der Waals surface area (Å²) in [4.78, 5) is 20.9. The van der Waals surface area contributed by atoms with Crippen LogP contribution in [0.3, 0.4) is 0 Å². The molecule has 7 nitrogen and oxygen atoms in total. The van der Waals surface area contributed by atoms with Gasteiger partial charge in [0, 0.05) is 36.5 Å². The van der Waals surface area contributed by atoms with Crippen LogP contribution in [0.5, 0.6) is 5.75 Å². The molecule has 2 bridgehead atoms. The number of rotatable bonds is 3. The Bertz CT molecular complexity index is 1160. The van der Waals surface area contributed by atoms with Gasteiger partial charge in [0.1, 0.15) is 0 Å². The van der Waals surface area contributed by atoms with Crippen molar-refractivity contribution in [2.75, 3.05) is 30.8 Å². The molecule has 1 atom stereocenters. The molecular weight excluding hydrogens is 409 g/mol. The normalized spacial score (nSPS) is 17.8. The summed E-state index contributed by atoms with van der Waals surface area (Å²) in [7, 11) is 1.43. The highest BCUT2D eigenvalue weighted by molar-refractivity contribution is 6.07. The van der Waals surface area contributed by atoms with Gasteiger partial charge >= 0.3 is 0 Å². The van der Waals surface area contributed by atoms with Gasteiger partial charge in [0.05, 0.1) is 41.6 Å². The molecule has 0 aliphatic carbocycles. The molecule has 4 heterocycles. The van der Waals surface area contributed by atoms with E-state index >= 15 is 0 Å². The van der Waals surface area contributed by atoms with Crippen molar-refractivity contribution in [2.24, 2.45) is 0 Å². The summed E-state index contributed by atoms with van der Waals surface area (Å²) in [6.45, 7) is 1.46. The van der Waals surface area contributed by atoms with Gasteiger partial charge in [-0.2, -0.15) is 0 Å². The molecule has 2 aromatic heterocycles. The third-order valence-corrected chi connectivity index (χ3v) is 6.24. The Balaban J connectivity index is 1.73. The van der Waals surface area contributed by atoms with Crippen molar-refractivity contribution in [2.45, 2.75) is 31.6 Å². The summed E-state index contributed by atoms with van der Waals surface area (Å²) in [5, 5.41) is 9.84. The molecule has 0 unspecified atom stereocenters. The van der Waals surface area contributed by atoms with Gasteiger partial charge in [-0.05, 0) is 31.0 Å². The number of methoxy groups -OCH3 is 1. The van der Waals surface area contributed by atoms with E-state index in [0.717, 1.165) is 54.9 Å². The van der Waals surface area contributed by atoms with Crippen LogP contribution in [0.25, 0.3) is 11.3 Å². The molecule has 0 saturated carbocycles. The van der Waals surface area contributed by atoms with E-state index in [-0.39, 0.29) is 17.6 Å². The lowest BCUT2D eigenvalue weighted by Gasteiger charge is -2.24. The SMILES string of the molecule is COc1c(F)cccc1Nc1c2[nH]c3c1C(=O)NC[C@@H]3CCCCCNc1cnccc1-2. The van der Waals surface area contributed by atoms with Crippen LogP contribution >= 0.6 is 0 Å². The van der Waals surface area contributed by atoms with Crippen LogP contribution in [-0.2, 0) is 0 Å². The molecule has 1 amide bonds. The second-order valence-corrected chi connectivity index (χ2v) is 8.21. The number of para-hydroxylation sites is 1. The molecule has 0 saturated heterocycles. The van der Waals surface area contributed by atoms with E-state index < -0.39 is 5.82 Å². The van der Waals surface area contributed by atoms with Crippen molar-refractivity contribution in [1.29, 1.82) is 0 Å². The minimum atomic E-state index is -0.470. The average molecular weight is 436 g/mol. The quantitative estimate of drug-likeness (QED) is 0.475. The number of halogens is 1. The van der Waals surface area contributed by atoms with Gasteiger partial charge in [-0.3, -0.25) is 9.78 Å². The first-order valence-electron chi connectivity index (χ1n) is 11.0. The minimum absolute atomic E-state index is 0.104. The van der Waals surface area contributed by atoms with Crippen molar-refractivity contribution >= 4 is 23.0 Å². The lowest BCUT2D eigenvalue weighted by atomic mass is 9.91. The van der Waals surface area contributed by atoms with Crippen LogP contribution in [0.1, 0.15) is 47.7 Å². The maximum atomic E-state index is 14.4. The number of H-pyrrole nitrogens is 1. The number of fused-ring (bicyclic) bond motifs is 3. The predicted molar refractivity (Wildman–Crippen MR) is 122 cm³/mol. The molecule has 1 aromatic carbocycles. The lowest BCUT2D eigenvalue weighted by Crippen LogP contribution is -2.35. The van der Waals surface area contributed by atoms with Gasteiger partial charge in [-0.15, -0.1) is 0 Å². The van der Waals surface area contributed by atoms with Gasteiger partial charge in [0.15, 0.2) is 11.6 Å². The Morgan fingerprint density at radius 3 is 2.97 bits per heavy atom.